The molecule has 4 aromatic rings. The molecule has 2 saturated heterocycles. The number of carbonyl (C=O) groups is 5. The number of phenolic OH excluding ortho intramolecular Hbond substituents is 1. The topological polar surface area (TPSA) is 179 Å². The highest BCUT2D eigenvalue weighted by atomic mass is 16.5. The Kier molecular flexibility index (Phi) is 15.8. The maximum absolute atomic E-state index is 14.8. The number of esters is 1. The second-order valence-electron chi connectivity index (χ2n) is 20.1. The minimum Gasteiger partial charge on any atom is -0.508 e. The van der Waals surface area contributed by atoms with Crippen LogP contribution in [0.15, 0.2) is 54.9 Å². The molecule has 4 amide bonds. The molecule has 4 atom stereocenters. The van der Waals surface area contributed by atoms with E-state index in [0.717, 1.165) is 38.9 Å². The molecule has 3 aliphatic rings. The summed E-state index contributed by atoms with van der Waals surface area (Å²) in [6.07, 6.45) is 5.53. The first kappa shape index (κ1) is 50.6. The number of nitrogens with zero attached hydrogens (tertiary/aromatic N) is 6. The number of hydrogen-bond acceptors (Lipinski definition) is 11. The van der Waals surface area contributed by atoms with Crippen LogP contribution in [0.3, 0.4) is 0 Å². The Morgan fingerprint density at radius 1 is 1.06 bits per heavy atom. The predicted molar refractivity (Wildman–Crippen MR) is 263 cm³/mol. The number of aromatic nitrogens is 2. The van der Waals surface area contributed by atoms with Crippen LogP contribution >= 0.6 is 0 Å². The van der Waals surface area contributed by atoms with Crippen molar-refractivity contribution in [2.24, 2.45) is 17.3 Å². The fourth-order valence-corrected chi connectivity index (χ4v) is 10.0. The number of hydrogen-bond donors (Lipinski definition) is 3. The lowest BCUT2D eigenvalue weighted by Crippen LogP contribution is -2.62. The van der Waals surface area contributed by atoms with Crippen LogP contribution in [0.2, 0.25) is 0 Å². The number of fused-ring (bicyclic) bond motifs is 6. The molecule has 69 heavy (non-hydrogen) atoms. The van der Waals surface area contributed by atoms with E-state index in [1.54, 1.807) is 37.4 Å². The van der Waals surface area contributed by atoms with Crippen LogP contribution in [-0.2, 0) is 59.4 Å². The highest BCUT2D eigenvalue weighted by molar-refractivity contribution is 5.97. The lowest BCUT2D eigenvalue weighted by molar-refractivity contribution is -0.155. The van der Waals surface area contributed by atoms with E-state index in [-0.39, 0.29) is 49.6 Å². The average Bonchev–Trinajstić information content (AvgIpc) is 3.93. The van der Waals surface area contributed by atoms with Crippen LogP contribution in [0.5, 0.6) is 5.75 Å². The van der Waals surface area contributed by atoms with E-state index in [9.17, 15) is 29.1 Å². The zero-order chi connectivity index (χ0) is 49.7. The van der Waals surface area contributed by atoms with Gasteiger partial charge in [0.25, 0.3) is 11.8 Å². The standard InChI is InChI=1S/C53H68N8O8/c1-10-60-45-16-15-35-27-40(45)41(48(60)42-29-54-19-17-37(42)31-68-9)28-53(4,5)32-69-52(67)43-13-11-21-61(56-43)51(66)44(25-34-23-38(35)26-39(62)24-34)55-49(64)47(33(2)3)58(8)50(65)36-18-22-59(30-36)46(63)14-12-20-57(6)7/h15-17,19,23-24,26-27,29,33,36,43-44,47,56,62H,10-11,13,18,20-22,25,28,30-32H2,1-9H3,(H,55,64)/t36-,43-,44-,47?/m0/s1. The number of amides is 4. The molecule has 5 heterocycles. The highest BCUT2D eigenvalue weighted by Crippen LogP contribution is 2.41. The Bertz CT molecular complexity index is 2650. The van der Waals surface area contributed by atoms with E-state index in [2.05, 4.69) is 65.0 Å². The van der Waals surface area contributed by atoms with Crippen molar-refractivity contribution in [2.75, 3.05) is 61.0 Å². The number of phenols is 1. The van der Waals surface area contributed by atoms with Crippen molar-refractivity contribution in [3.63, 3.8) is 0 Å². The first-order valence-corrected chi connectivity index (χ1v) is 24.0. The number of methoxy groups -OCH3 is 1. The van der Waals surface area contributed by atoms with Gasteiger partial charge in [0, 0.05) is 81.0 Å². The van der Waals surface area contributed by atoms with E-state index in [1.165, 1.54) is 9.91 Å². The maximum Gasteiger partial charge on any atom is 0.324 e. The van der Waals surface area contributed by atoms with Crippen LogP contribution in [0.25, 0.3) is 33.3 Å². The van der Waals surface area contributed by atoms with E-state index in [4.69, 9.17) is 9.47 Å². The average molecular weight is 945 g/mol. The first-order chi connectivity index (χ1) is 32.9. The third kappa shape index (κ3) is 11.4. The largest absolute Gasteiger partial charge is 0.508 e. The van der Waals surface area contributed by atoms with Crippen molar-refractivity contribution in [2.45, 2.75) is 98.0 Å². The summed E-state index contributed by atoms with van der Waals surface area (Å²) in [6, 6.07) is 10.4. The Balaban J connectivity index is 1.26. The van der Waals surface area contributed by atoms with Crippen LogP contribution in [-0.4, -0.2) is 143 Å². The van der Waals surface area contributed by atoms with Crippen molar-refractivity contribution in [3.8, 4) is 40.0 Å². The quantitative estimate of drug-likeness (QED) is 0.147. The molecule has 3 aliphatic heterocycles. The summed E-state index contributed by atoms with van der Waals surface area (Å²) in [5, 5.41) is 16.7. The molecular formula is C53H68N8O8. The molecule has 1 unspecified atom stereocenters. The molecule has 16 nitrogen and oxygen atoms in total. The number of rotatable bonds is 10. The van der Waals surface area contributed by atoms with Crippen molar-refractivity contribution >= 4 is 40.5 Å². The van der Waals surface area contributed by atoms with Gasteiger partial charge in [-0.15, -0.1) is 0 Å². The van der Waals surface area contributed by atoms with E-state index in [1.807, 2.05) is 57.2 Å². The summed E-state index contributed by atoms with van der Waals surface area (Å²) in [5.41, 5.74) is 9.71. The number of aryl methyl sites for hydroxylation is 1. The summed E-state index contributed by atoms with van der Waals surface area (Å²) < 4.78 is 14.0. The van der Waals surface area contributed by atoms with Gasteiger partial charge in [0.15, 0.2) is 0 Å². The number of likely N-dealkylation sites (tertiary alicyclic amines) is 1. The number of nitrogens with one attached hydrogen (secondary N) is 2. The Hall–Kier alpha value is -6.28. The molecule has 3 N–H and O–H groups in total. The molecule has 0 spiro atoms. The Morgan fingerprint density at radius 3 is 2.57 bits per heavy atom. The van der Waals surface area contributed by atoms with E-state index < -0.39 is 47.2 Å². The summed E-state index contributed by atoms with van der Waals surface area (Å²) in [7, 11) is 6.98. The van der Waals surface area contributed by atoms with Crippen LogP contribution in [0.4, 0.5) is 0 Å². The van der Waals surface area contributed by atoms with Gasteiger partial charge < -0.3 is 34.3 Å². The summed E-state index contributed by atoms with van der Waals surface area (Å²) >= 11 is 0. The van der Waals surface area contributed by atoms with Crippen LogP contribution in [0, 0.1) is 29.1 Å². The molecule has 2 aromatic carbocycles. The number of cyclic esters (lactones) is 1. The number of pyridine rings is 1. The molecule has 368 valence electrons. The molecule has 2 aromatic heterocycles. The maximum atomic E-state index is 14.8. The molecular weight excluding hydrogens is 877 g/mol. The van der Waals surface area contributed by atoms with Gasteiger partial charge in [-0.25, -0.2) is 5.43 Å². The molecule has 16 heteroatoms. The van der Waals surface area contributed by atoms with Crippen molar-refractivity contribution in [1.82, 2.24) is 40.0 Å². The Labute approximate surface area is 405 Å². The zero-order valence-electron chi connectivity index (χ0n) is 41.6. The monoisotopic (exact) mass is 945 g/mol. The smallest absolute Gasteiger partial charge is 0.324 e. The second kappa shape index (κ2) is 21.6. The molecule has 0 radical (unpaired) electrons. The summed E-state index contributed by atoms with van der Waals surface area (Å²) in [6.45, 7) is 12.3. The number of hydrazine groups is 1. The molecule has 6 bridgehead atoms. The molecule has 2 fully saturated rings. The van der Waals surface area contributed by atoms with E-state index >= 15 is 0 Å². The van der Waals surface area contributed by atoms with Gasteiger partial charge in [-0.2, -0.15) is 0 Å². The summed E-state index contributed by atoms with van der Waals surface area (Å²) in [5.74, 6) is 2.49. The predicted octanol–water partition coefficient (Wildman–Crippen LogP) is 4.79. The molecule has 7 rings (SSSR count). The molecule has 0 saturated carbocycles. The Morgan fingerprint density at radius 2 is 1.84 bits per heavy atom. The van der Waals surface area contributed by atoms with Gasteiger partial charge in [-0.1, -0.05) is 45.7 Å². The van der Waals surface area contributed by atoms with Gasteiger partial charge in [0.05, 0.1) is 31.4 Å². The lowest BCUT2D eigenvalue weighted by Gasteiger charge is -2.37. The second-order valence-corrected chi connectivity index (χ2v) is 20.1. The van der Waals surface area contributed by atoms with Gasteiger partial charge in [0.1, 0.15) is 23.9 Å². The third-order valence-electron chi connectivity index (χ3n) is 13.4. The van der Waals surface area contributed by atoms with Gasteiger partial charge in [0.2, 0.25) is 11.8 Å². The number of carbonyl (C=O) groups excluding carboxylic acids is 5. The number of ether oxygens (including phenoxy) is 2. The van der Waals surface area contributed by atoms with Gasteiger partial charge >= 0.3 is 5.97 Å². The normalized spacial score (nSPS) is 20.0. The SMILES string of the molecule is CCn1c(-c2cnccc2COC)c2c3cc(ccc31)-c1cc(O)cc(c1)C[C@H](NC(=O)C(C(C)C)N(C)C(=O)[C@H]1CCN(C(=O)C#CCN(C)C)C1)C(=O)N1CCC[C@H](N1)C(=O)OCC(C)(C)C2. The van der Waals surface area contributed by atoms with Crippen molar-refractivity contribution in [1.29, 1.82) is 0 Å². The summed E-state index contributed by atoms with van der Waals surface area (Å²) in [4.78, 5) is 79.6. The lowest BCUT2D eigenvalue weighted by atomic mass is 9.84. The fraction of sp³-hybridized carbons (Fsp3) is 0.509. The van der Waals surface area contributed by atoms with E-state index in [0.29, 0.717) is 63.1 Å². The van der Waals surface area contributed by atoms with Gasteiger partial charge in [-0.3, -0.25) is 38.9 Å². The molecule has 0 aliphatic carbocycles. The highest BCUT2D eigenvalue weighted by Gasteiger charge is 2.40. The minimum atomic E-state index is -1.17. The van der Waals surface area contributed by atoms with Crippen molar-refractivity contribution < 1.29 is 38.6 Å². The van der Waals surface area contributed by atoms with Crippen molar-refractivity contribution in [3.05, 3.63) is 71.5 Å². The number of aromatic hydroxyl groups is 1. The first-order valence-electron chi connectivity index (χ1n) is 24.0. The minimum absolute atomic E-state index is 0.0145. The fourth-order valence-electron chi connectivity index (χ4n) is 10.0. The zero-order valence-corrected chi connectivity index (χ0v) is 41.6. The van der Waals surface area contributed by atoms with Crippen LogP contribution in [0.1, 0.15) is 70.6 Å². The third-order valence-corrected chi connectivity index (χ3v) is 13.4. The number of benzene rings is 2. The van der Waals surface area contributed by atoms with Crippen LogP contribution < -0.4 is 10.7 Å². The van der Waals surface area contributed by atoms with Gasteiger partial charge in [-0.05, 0) is 117 Å². The number of likely N-dealkylation sites (N-methyl/N-ethyl adjacent to an activating group) is 1.